The molecule has 0 spiro atoms. The van der Waals surface area contributed by atoms with E-state index in [9.17, 15) is 9.59 Å². The van der Waals surface area contributed by atoms with E-state index in [-0.39, 0.29) is 5.91 Å². The lowest BCUT2D eigenvalue weighted by atomic mass is 9.99. The van der Waals surface area contributed by atoms with E-state index in [0.717, 1.165) is 24.0 Å². The molecule has 1 aliphatic heterocycles. The average molecular weight is 232 g/mol. The number of anilines is 1. The molecule has 1 amide bonds. The van der Waals surface area contributed by atoms with E-state index in [2.05, 4.69) is 11.4 Å². The number of nitrogens with one attached hydrogen (secondary N) is 1. The molecule has 0 aromatic heterocycles. The molecule has 0 fully saturated rings. The fourth-order valence-corrected chi connectivity index (χ4v) is 2.10. The van der Waals surface area contributed by atoms with Gasteiger partial charge in [-0.1, -0.05) is 12.1 Å². The molecule has 1 aliphatic rings. The highest BCUT2D eigenvalue weighted by Crippen LogP contribution is 2.27. The summed E-state index contributed by atoms with van der Waals surface area (Å²) in [5.74, 6) is 0.171. The monoisotopic (exact) mass is 232 g/mol. The van der Waals surface area contributed by atoms with Crippen molar-refractivity contribution in [3.05, 3.63) is 29.3 Å². The number of hydrogen-bond donors (Lipinski definition) is 1. The SMILES string of the molecule is CN1C(=O)CCc2cc(CNCC=O)ccc21. The number of aldehydes is 1. The quantitative estimate of drug-likeness (QED) is 0.619. The maximum Gasteiger partial charge on any atom is 0.227 e. The lowest BCUT2D eigenvalue weighted by molar-refractivity contribution is -0.118. The molecule has 1 heterocycles. The van der Waals surface area contributed by atoms with Crippen LogP contribution in [0.5, 0.6) is 0 Å². The minimum absolute atomic E-state index is 0.171. The minimum atomic E-state index is 0.171. The van der Waals surface area contributed by atoms with Gasteiger partial charge in [-0.15, -0.1) is 0 Å². The predicted molar refractivity (Wildman–Crippen MR) is 65.9 cm³/mol. The van der Waals surface area contributed by atoms with Gasteiger partial charge >= 0.3 is 0 Å². The van der Waals surface area contributed by atoms with Crippen LogP contribution in [0.1, 0.15) is 17.5 Å². The summed E-state index contributed by atoms with van der Waals surface area (Å²) in [4.78, 5) is 23.4. The second-order valence-electron chi connectivity index (χ2n) is 4.21. The zero-order valence-electron chi connectivity index (χ0n) is 9.90. The summed E-state index contributed by atoms with van der Waals surface area (Å²) >= 11 is 0. The number of fused-ring (bicyclic) bond motifs is 1. The van der Waals surface area contributed by atoms with E-state index in [1.54, 1.807) is 4.90 Å². The molecule has 0 radical (unpaired) electrons. The van der Waals surface area contributed by atoms with Crippen LogP contribution in [0.15, 0.2) is 18.2 Å². The molecule has 4 heteroatoms. The maximum atomic E-state index is 11.5. The highest BCUT2D eigenvalue weighted by Gasteiger charge is 2.20. The van der Waals surface area contributed by atoms with Crippen molar-refractivity contribution in [2.24, 2.45) is 0 Å². The molecular formula is C13H16N2O2. The van der Waals surface area contributed by atoms with Crippen molar-refractivity contribution in [3.8, 4) is 0 Å². The van der Waals surface area contributed by atoms with Crippen molar-refractivity contribution in [1.82, 2.24) is 5.32 Å². The van der Waals surface area contributed by atoms with Gasteiger partial charge in [0.1, 0.15) is 6.29 Å². The van der Waals surface area contributed by atoms with E-state index in [1.807, 2.05) is 19.2 Å². The molecule has 1 aromatic rings. The third kappa shape index (κ3) is 2.53. The Hall–Kier alpha value is -1.68. The molecule has 0 aliphatic carbocycles. The molecule has 4 nitrogen and oxygen atoms in total. The van der Waals surface area contributed by atoms with Crippen molar-refractivity contribution in [2.75, 3.05) is 18.5 Å². The molecule has 90 valence electrons. The molecule has 1 aromatic carbocycles. The molecule has 0 atom stereocenters. The molecule has 0 saturated heterocycles. The molecule has 0 saturated carbocycles. The van der Waals surface area contributed by atoms with Gasteiger partial charge in [0.2, 0.25) is 5.91 Å². The highest BCUT2D eigenvalue weighted by molar-refractivity contribution is 5.95. The molecular weight excluding hydrogens is 216 g/mol. The first-order valence-electron chi connectivity index (χ1n) is 5.75. The summed E-state index contributed by atoms with van der Waals surface area (Å²) < 4.78 is 0. The van der Waals surface area contributed by atoms with Crippen LogP contribution >= 0.6 is 0 Å². The Balaban J connectivity index is 2.14. The van der Waals surface area contributed by atoms with Crippen LogP contribution in [-0.2, 0) is 22.6 Å². The third-order valence-corrected chi connectivity index (χ3v) is 3.04. The minimum Gasteiger partial charge on any atom is -0.315 e. The van der Waals surface area contributed by atoms with Crippen LogP contribution in [0.25, 0.3) is 0 Å². The molecule has 17 heavy (non-hydrogen) atoms. The van der Waals surface area contributed by atoms with Crippen molar-refractivity contribution in [2.45, 2.75) is 19.4 Å². The van der Waals surface area contributed by atoms with Gasteiger partial charge in [0.15, 0.2) is 0 Å². The first-order valence-corrected chi connectivity index (χ1v) is 5.75. The Morgan fingerprint density at radius 3 is 3.00 bits per heavy atom. The number of benzene rings is 1. The summed E-state index contributed by atoms with van der Waals surface area (Å²) in [5, 5.41) is 3.03. The topological polar surface area (TPSA) is 49.4 Å². The fraction of sp³-hybridized carbons (Fsp3) is 0.385. The van der Waals surface area contributed by atoms with Gasteiger partial charge in [-0.25, -0.2) is 0 Å². The van der Waals surface area contributed by atoms with Crippen molar-refractivity contribution in [1.29, 1.82) is 0 Å². The second kappa shape index (κ2) is 5.10. The van der Waals surface area contributed by atoms with Crippen molar-refractivity contribution in [3.63, 3.8) is 0 Å². The third-order valence-electron chi connectivity index (χ3n) is 3.04. The second-order valence-corrected chi connectivity index (χ2v) is 4.21. The average Bonchev–Trinajstić information content (AvgIpc) is 2.34. The van der Waals surface area contributed by atoms with Gasteiger partial charge in [0.25, 0.3) is 0 Å². The lowest BCUT2D eigenvalue weighted by Gasteiger charge is -2.26. The zero-order valence-corrected chi connectivity index (χ0v) is 9.90. The fourth-order valence-electron chi connectivity index (χ4n) is 2.10. The standard InChI is InChI=1S/C13H16N2O2/c1-15-12-4-2-10(9-14-6-7-16)8-11(12)3-5-13(15)17/h2,4,7-8,14H,3,5-6,9H2,1H3. The normalized spacial score (nSPS) is 14.6. The largest absolute Gasteiger partial charge is 0.315 e. The van der Waals surface area contributed by atoms with Gasteiger partial charge in [0, 0.05) is 25.7 Å². The number of aryl methyl sites for hydroxylation is 1. The predicted octanol–water partition coefficient (Wildman–Crippen LogP) is 0.884. The number of carbonyl (C=O) groups is 2. The number of hydrogen-bond acceptors (Lipinski definition) is 3. The Kier molecular flexibility index (Phi) is 3.54. The molecule has 0 bridgehead atoms. The van der Waals surface area contributed by atoms with E-state index < -0.39 is 0 Å². The Morgan fingerprint density at radius 1 is 1.41 bits per heavy atom. The van der Waals surface area contributed by atoms with Crippen molar-refractivity contribution < 1.29 is 9.59 Å². The van der Waals surface area contributed by atoms with E-state index >= 15 is 0 Å². The van der Waals surface area contributed by atoms with Crippen LogP contribution < -0.4 is 10.2 Å². The first-order chi connectivity index (χ1) is 8.22. The Morgan fingerprint density at radius 2 is 2.24 bits per heavy atom. The van der Waals surface area contributed by atoms with Gasteiger partial charge in [-0.05, 0) is 23.6 Å². The van der Waals surface area contributed by atoms with Crippen LogP contribution in [0.2, 0.25) is 0 Å². The number of rotatable bonds is 4. The summed E-state index contributed by atoms with van der Waals surface area (Å²) in [6.07, 6.45) is 2.24. The Bertz CT molecular complexity index is 443. The lowest BCUT2D eigenvalue weighted by Crippen LogP contribution is -2.31. The zero-order chi connectivity index (χ0) is 12.3. The smallest absolute Gasteiger partial charge is 0.227 e. The maximum absolute atomic E-state index is 11.5. The van der Waals surface area contributed by atoms with E-state index in [0.29, 0.717) is 19.5 Å². The van der Waals surface area contributed by atoms with Gasteiger partial charge < -0.3 is 15.0 Å². The van der Waals surface area contributed by atoms with Gasteiger partial charge in [-0.2, -0.15) is 0 Å². The van der Waals surface area contributed by atoms with Crippen LogP contribution in [0.4, 0.5) is 5.69 Å². The van der Waals surface area contributed by atoms with Crippen LogP contribution in [-0.4, -0.2) is 25.8 Å². The van der Waals surface area contributed by atoms with Crippen LogP contribution in [0.3, 0.4) is 0 Å². The number of nitrogens with zero attached hydrogens (tertiary/aromatic N) is 1. The summed E-state index contributed by atoms with van der Waals surface area (Å²) in [7, 11) is 1.81. The van der Waals surface area contributed by atoms with Crippen molar-refractivity contribution >= 4 is 17.9 Å². The molecule has 0 unspecified atom stereocenters. The summed E-state index contributed by atoms with van der Waals surface area (Å²) in [6.45, 7) is 1.05. The van der Waals surface area contributed by atoms with Crippen LogP contribution in [0, 0.1) is 0 Å². The molecule has 2 rings (SSSR count). The van der Waals surface area contributed by atoms with E-state index in [1.165, 1.54) is 5.56 Å². The summed E-state index contributed by atoms with van der Waals surface area (Å²) in [5.41, 5.74) is 3.35. The van der Waals surface area contributed by atoms with Gasteiger partial charge in [-0.3, -0.25) is 4.79 Å². The first kappa shape index (κ1) is 11.8. The Labute approximate surface area is 101 Å². The van der Waals surface area contributed by atoms with Gasteiger partial charge in [0.05, 0.1) is 6.54 Å². The number of amides is 1. The molecule has 1 N–H and O–H groups in total. The highest BCUT2D eigenvalue weighted by atomic mass is 16.2. The number of carbonyl (C=O) groups excluding carboxylic acids is 2. The summed E-state index contributed by atoms with van der Waals surface area (Å²) in [6, 6.07) is 6.08. The van der Waals surface area contributed by atoms with E-state index in [4.69, 9.17) is 0 Å².